The molecule has 0 amide bonds. The number of rotatable bonds is 8. The van der Waals surface area contributed by atoms with Crippen LogP contribution in [0.5, 0.6) is 5.75 Å². The Balaban J connectivity index is 0.00000341. The lowest BCUT2D eigenvalue weighted by Gasteiger charge is -2.35. The van der Waals surface area contributed by atoms with Gasteiger partial charge in [-0.15, -0.1) is 24.0 Å². The molecule has 0 aromatic heterocycles. The number of piperidine rings is 1. The first-order valence-electron chi connectivity index (χ1n) is 11.8. The summed E-state index contributed by atoms with van der Waals surface area (Å²) in [6.45, 7) is 13.0. The van der Waals surface area contributed by atoms with Gasteiger partial charge in [-0.1, -0.05) is 12.1 Å². The maximum atomic E-state index is 5.35. The highest BCUT2D eigenvalue weighted by Crippen LogP contribution is 2.27. The van der Waals surface area contributed by atoms with E-state index in [0.29, 0.717) is 18.1 Å². The van der Waals surface area contributed by atoms with E-state index in [1.54, 1.807) is 7.11 Å². The van der Waals surface area contributed by atoms with Gasteiger partial charge in [-0.3, -0.25) is 9.89 Å². The van der Waals surface area contributed by atoms with E-state index in [9.17, 15) is 0 Å². The molecule has 2 aliphatic heterocycles. The minimum Gasteiger partial charge on any atom is -0.497 e. The fraction of sp³-hybridized carbons (Fsp3) is 0.708. The van der Waals surface area contributed by atoms with E-state index in [0.717, 1.165) is 51.0 Å². The molecule has 1 unspecified atom stereocenters. The molecule has 3 rings (SSSR count). The third-order valence-electron chi connectivity index (χ3n) is 6.45. The Labute approximate surface area is 206 Å². The second-order valence-corrected chi connectivity index (χ2v) is 8.80. The number of halogens is 1. The molecule has 1 aromatic rings. The first kappa shape index (κ1) is 26.2. The summed E-state index contributed by atoms with van der Waals surface area (Å²) in [6.07, 6.45) is 4.92. The SMILES string of the molecule is CCNC(=NCC(c1ccc(OC)cc1)N1CCCC1)NC1CCN(C(C)C)CC1.I. The number of likely N-dealkylation sites (tertiary alicyclic amines) is 2. The van der Waals surface area contributed by atoms with Gasteiger partial charge in [-0.2, -0.15) is 0 Å². The van der Waals surface area contributed by atoms with E-state index in [2.05, 4.69) is 65.5 Å². The predicted molar refractivity (Wildman–Crippen MR) is 141 cm³/mol. The van der Waals surface area contributed by atoms with Crippen LogP contribution in [0.4, 0.5) is 0 Å². The van der Waals surface area contributed by atoms with Gasteiger partial charge in [-0.05, 0) is 77.2 Å². The molecular weight excluding hydrogens is 501 g/mol. The van der Waals surface area contributed by atoms with Gasteiger partial charge in [0.15, 0.2) is 5.96 Å². The van der Waals surface area contributed by atoms with Gasteiger partial charge < -0.3 is 20.3 Å². The van der Waals surface area contributed by atoms with Crippen molar-refractivity contribution in [1.82, 2.24) is 20.4 Å². The summed E-state index contributed by atoms with van der Waals surface area (Å²) in [5.74, 6) is 1.86. The molecule has 0 spiro atoms. The fourth-order valence-corrected chi connectivity index (χ4v) is 4.56. The van der Waals surface area contributed by atoms with E-state index in [1.165, 1.54) is 31.2 Å². The lowest BCUT2D eigenvalue weighted by Crippen LogP contribution is -2.50. The zero-order valence-electron chi connectivity index (χ0n) is 19.8. The van der Waals surface area contributed by atoms with Crippen molar-refractivity contribution in [3.63, 3.8) is 0 Å². The molecule has 2 aliphatic rings. The van der Waals surface area contributed by atoms with Crippen molar-refractivity contribution < 1.29 is 4.74 Å². The van der Waals surface area contributed by atoms with Crippen molar-refractivity contribution in [2.24, 2.45) is 4.99 Å². The third-order valence-corrected chi connectivity index (χ3v) is 6.45. The molecule has 0 saturated carbocycles. The average Bonchev–Trinajstić information content (AvgIpc) is 3.29. The minimum absolute atomic E-state index is 0. The lowest BCUT2D eigenvalue weighted by atomic mass is 10.0. The first-order chi connectivity index (χ1) is 14.6. The van der Waals surface area contributed by atoms with Gasteiger partial charge >= 0.3 is 0 Å². The van der Waals surface area contributed by atoms with Crippen molar-refractivity contribution >= 4 is 29.9 Å². The van der Waals surface area contributed by atoms with Crippen LogP contribution in [0.2, 0.25) is 0 Å². The molecule has 176 valence electrons. The molecule has 1 aromatic carbocycles. The molecule has 31 heavy (non-hydrogen) atoms. The molecular formula is C24H42IN5O. The lowest BCUT2D eigenvalue weighted by molar-refractivity contribution is 0.167. The first-order valence-corrected chi connectivity index (χ1v) is 11.8. The van der Waals surface area contributed by atoms with Crippen molar-refractivity contribution in [3.05, 3.63) is 29.8 Å². The monoisotopic (exact) mass is 543 g/mol. The molecule has 6 nitrogen and oxygen atoms in total. The highest BCUT2D eigenvalue weighted by molar-refractivity contribution is 14.0. The normalized spacial score (nSPS) is 19.8. The number of benzene rings is 1. The van der Waals surface area contributed by atoms with E-state index >= 15 is 0 Å². The number of nitrogens with zero attached hydrogens (tertiary/aromatic N) is 3. The largest absolute Gasteiger partial charge is 0.497 e. The average molecular weight is 544 g/mol. The molecule has 0 radical (unpaired) electrons. The fourth-order valence-electron chi connectivity index (χ4n) is 4.56. The van der Waals surface area contributed by atoms with Gasteiger partial charge in [-0.25, -0.2) is 0 Å². The number of nitrogens with one attached hydrogen (secondary N) is 2. The Morgan fingerprint density at radius 2 is 1.71 bits per heavy atom. The molecule has 1 atom stereocenters. The molecule has 2 N–H and O–H groups in total. The number of aliphatic imine (C=N–C) groups is 1. The summed E-state index contributed by atoms with van der Waals surface area (Å²) < 4.78 is 5.35. The highest BCUT2D eigenvalue weighted by Gasteiger charge is 2.24. The predicted octanol–water partition coefficient (Wildman–Crippen LogP) is 3.88. The van der Waals surface area contributed by atoms with Crippen LogP contribution in [0.1, 0.15) is 58.1 Å². The summed E-state index contributed by atoms with van der Waals surface area (Å²) in [6, 6.07) is 9.97. The van der Waals surface area contributed by atoms with Gasteiger partial charge in [0.1, 0.15) is 5.75 Å². The van der Waals surface area contributed by atoms with E-state index in [1.807, 2.05) is 0 Å². The third kappa shape index (κ3) is 7.79. The summed E-state index contributed by atoms with van der Waals surface area (Å²) in [4.78, 5) is 10.2. The van der Waals surface area contributed by atoms with Gasteiger partial charge in [0.05, 0.1) is 19.7 Å². The Morgan fingerprint density at radius 3 is 2.26 bits per heavy atom. The van der Waals surface area contributed by atoms with Crippen LogP contribution in [0, 0.1) is 0 Å². The summed E-state index contributed by atoms with van der Waals surface area (Å²) in [5, 5.41) is 7.17. The van der Waals surface area contributed by atoms with Crippen molar-refractivity contribution in [2.75, 3.05) is 46.4 Å². The summed E-state index contributed by atoms with van der Waals surface area (Å²) in [5.41, 5.74) is 1.32. The molecule has 2 fully saturated rings. The van der Waals surface area contributed by atoms with Crippen LogP contribution in [-0.2, 0) is 0 Å². The number of guanidine groups is 1. The van der Waals surface area contributed by atoms with Crippen molar-refractivity contribution in [2.45, 2.75) is 64.6 Å². The van der Waals surface area contributed by atoms with Crippen molar-refractivity contribution in [1.29, 1.82) is 0 Å². The van der Waals surface area contributed by atoms with Crippen molar-refractivity contribution in [3.8, 4) is 5.75 Å². The van der Waals surface area contributed by atoms with Crippen LogP contribution < -0.4 is 15.4 Å². The Morgan fingerprint density at radius 1 is 1.06 bits per heavy atom. The summed E-state index contributed by atoms with van der Waals surface area (Å²) in [7, 11) is 1.72. The molecule has 2 heterocycles. The highest BCUT2D eigenvalue weighted by atomic mass is 127. The van der Waals surface area contributed by atoms with Crippen LogP contribution >= 0.6 is 24.0 Å². The zero-order valence-corrected chi connectivity index (χ0v) is 22.1. The molecule has 7 heteroatoms. The second-order valence-electron chi connectivity index (χ2n) is 8.80. The topological polar surface area (TPSA) is 52.1 Å². The molecule has 2 saturated heterocycles. The maximum absolute atomic E-state index is 5.35. The van der Waals surface area contributed by atoms with E-state index in [4.69, 9.17) is 9.73 Å². The molecule has 0 bridgehead atoms. The summed E-state index contributed by atoms with van der Waals surface area (Å²) >= 11 is 0. The maximum Gasteiger partial charge on any atom is 0.191 e. The zero-order chi connectivity index (χ0) is 21.3. The van der Waals surface area contributed by atoms with Crippen LogP contribution in [0.3, 0.4) is 0 Å². The van der Waals surface area contributed by atoms with Crippen LogP contribution in [0.15, 0.2) is 29.3 Å². The molecule has 0 aliphatic carbocycles. The van der Waals surface area contributed by atoms with Gasteiger partial charge in [0, 0.05) is 31.7 Å². The van der Waals surface area contributed by atoms with Crippen LogP contribution in [-0.4, -0.2) is 74.2 Å². The number of hydrogen-bond donors (Lipinski definition) is 2. The van der Waals surface area contributed by atoms with Gasteiger partial charge in [0.25, 0.3) is 0 Å². The van der Waals surface area contributed by atoms with E-state index < -0.39 is 0 Å². The Hall–Kier alpha value is -1.06. The minimum atomic E-state index is 0. The Kier molecular flexibility index (Phi) is 11.4. The number of methoxy groups -OCH3 is 1. The number of ether oxygens (including phenoxy) is 1. The second kappa shape index (κ2) is 13.5. The Bertz CT molecular complexity index is 652. The number of hydrogen-bond acceptors (Lipinski definition) is 4. The van der Waals surface area contributed by atoms with Gasteiger partial charge in [0.2, 0.25) is 0 Å². The quantitative estimate of drug-likeness (QED) is 0.296. The van der Waals surface area contributed by atoms with Crippen LogP contribution in [0.25, 0.3) is 0 Å². The smallest absolute Gasteiger partial charge is 0.191 e. The standard InChI is InChI=1S/C24H41N5O.HI/c1-5-25-24(27-21-12-16-28(17-13-21)19(2)3)26-18-23(29-14-6-7-15-29)20-8-10-22(30-4)11-9-20;/h8-11,19,21,23H,5-7,12-18H2,1-4H3,(H2,25,26,27);1H. The van der Waals surface area contributed by atoms with E-state index in [-0.39, 0.29) is 24.0 Å².